The van der Waals surface area contributed by atoms with Gasteiger partial charge in [0.1, 0.15) is 11.9 Å². The summed E-state index contributed by atoms with van der Waals surface area (Å²) in [6, 6.07) is 1.65. The molecule has 1 saturated carbocycles. The molecule has 25 heavy (non-hydrogen) atoms. The summed E-state index contributed by atoms with van der Waals surface area (Å²) in [4.78, 5) is 31.6. The van der Waals surface area contributed by atoms with Crippen LogP contribution in [0.2, 0.25) is 0 Å². The van der Waals surface area contributed by atoms with Gasteiger partial charge in [0.15, 0.2) is 5.65 Å². The summed E-state index contributed by atoms with van der Waals surface area (Å²) in [6.07, 6.45) is 6.19. The van der Waals surface area contributed by atoms with Crippen LogP contribution in [0.25, 0.3) is 5.65 Å². The molecule has 2 aromatic heterocycles. The van der Waals surface area contributed by atoms with E-state index in [9.17, 15) is 9.59 Å². The molecule has 1 atom stereocenters. The largest absolute Gasteiger partial charge is 0.383 e. The van der Waals surface area contributed by atoms with E-state index in [0.717, 1.165) is 23.3 Å². The standard InChI is InChI=1S/C17H19ClN4O3/c1-20-15(23)8-22(17(20)24)14-5-11(10-3-4-10)6-21-7-13(19-16(14)21)12(18)9-25-2/h5-7,10,12H,3-4,8-9H2,1-2H3. The number of imidazole rings is 1. The second kappa shape index (κ2) is 6.00. The summed E-state index contributed by atoms with van der Waals surface area (Å²) < 4.78 is 7.01. The van der Waals surface area contributed by atoms with Gasteiger partial charge in [-0.15, -0.1) is 11.6 Å². The molecule has 2 aromatic rings. The molecule has 4 rings (SSSR count). The zero-order chi connectivity index (χ0) is 17.7. The third-order valence-corrected chi connectivity index (χ3v) is 5.08. The number of amides is 3. The van der Waals surface area contributed by atoms with Crippen molar-refractivity contribution >= 4 is 34.9 Å². The number of ether oxygens (including phenoxy) is 1. The molecule has 132 valence electrons. The second-order valence-corrected chi connectivity index (χ2v) is 7.10. The zero-order valence-electron chi connectivity index (χ0n) is 14.1. The Kier molecular flexibility index (Phi) is 3.92. The number of fused-ring (bicyclic) bond motifs is 1. The van der Waals surface area contributed by atoms with Gasteiger partial charge in [0.05, 0.1) is 18.0 Å². The Hall–Kier alpha value is -2.12. The molecule has 0 bridgehead atoms. The second-order valence-electron chi connectivity index (χ2n) is 6.57. The molecule has 2 fully saturated rings. The lowest BCUT2D eigenvalue weighted by molar-refractivity contribution is -0.123. The third-order valence-electron chi connectivity index (χ3n) is 4.73. The number of carbonyl (C=O) groups excluding carboxylic acids is 2. The van der Waals surface area contributed by atoms with E-state index in [0.29, 0.717) is 29.6 Å². The first kappa shape index (κ1) is 16.4. The highest BCUT2D eigenvalue weighted by Crippen LogP contribution is 2.42. The number of nitrogens with zero attached hydrogens (tertiary/aromatic N) is 4. The van der Waals surface area contributed by atoms with Gasteiger partial charge in [-0.2, -0.15) is 0 Å². The summed E-state index contributed by atoms with van der Waals surface area (Å²) in [5, 5.41) is -0.374. The Labute approximate surface area is 150 Å². The predicted octanol–water partition coefficient (Wildman–Crippen LogP) is 2.54. The lowest BCUT2D eigenvalue weighted by atomic mass is 10.1. The van der Waals surface area contributed by atoms with Crippen molar-refractivity contribution in [3.63, 3.8) is 0 Å². The van der Waals surface area contributed by atoms with Gasteiger partial charge < -0.3 is 9.14 Å². The van der Waals surface area contributed by atoms with E-state index >= 15 is 0 Å². The van der Waals surface area contributed by atoms with Crippen LogP contribution >= 0.6 is 11.6 Å². The van der Waals surface area contributed by atoms with Gasteiger partial charge >= 0.3 is 6.03 Å². The highest BCUT2D eigenvalue weighted by molar-refractivity contribution is 6.20. The van der Waals surface area contributed by atoms with E-state index in [-0.39, 0.29) is 23.9 Å². The van der Waals surface area contributed by atoms with Crippen molar-refractivity contribution in [2.75, 3.05) is 32.2 Å². The number of pyridine rings is 1. The number of urea groups is 1. The monoisotopic (exact) mass is 362 g/mol. The van der Waals surface area contributed by atoms with Crippen molar-refractivity contribution in [1.82, 2.24) is 14.3 Å². The van der Waals surface area contributed by atoms with Crippen LogP contribution in [-0.2, 0) is 9.53 Å². The summed E-state index contributed by atoms with van der Waals surface area (Å²) in [7, 11) is 3.09. The fourth-order valence-electron chi connectivity index (χ4n) is 3.13. The number of likely N-dealkylation sites (N-methyl/N-ethyl adjacent to an activating group) is 1. The normalized spacial score (nSPS) is 19.3. The van der Waals surface area contributed by atoms with E-state index in [1.807, 2.05) is 22.9 Å². The maximum Gasteiger partial charge on any atom is 0.331 e. The minimum atomic E-state index is -0.374. The van der Waals surface area contributed by atoms with Crippen LogP contribution in [0.1, 0.15) is 35.4 Å². The zero-order valence-corrected chi connectivity index (χ0v) is 14.9. The van der Waals surface area contributed by atoms with Crippen LogP contribution in [-0.4, -0.2) is 53.5 Å². The van der Waals surface area contributed by atoms with Gasteiger partial charge in [0.25, 0.3) is 0 Å². The number of aromatic nitrogens is 2. The van der Waals surface area contributed by atoms with E-state index in [1.165, 1.54) is 11.9 Å². The van der Waals surface area contributed by atoms with E-state index in [2.05, 4.69) is 4.98 Å². The average molecular weight is 363 g/mol. The number of hydrogen-bond acceptors (Lipinski definition) is 4. The maximum absolute atomic E-state index is 12.4. The molecule has 3 heterocycles. The van der Waals surface area contributed by atoms with Gasteiger partial charge in [-0.1, -0.05) is 0 Å². The molecular formula is C17H19ClN4O3. The topological polar surface area (TPSA) is 67.2 Å². The van der Waals surface area contributed by atoms with Crippen molar-refractivity contribution in [2.24, 2.45) is 0 Å². The molecule has 0 aromatic carbocycles. The molecule has 1 unspecified atom stereocenters. The summed E-state index contributed by atoms with van der Waals surface area (Å²) in [6.45, 7) is 0.379. The molecule has 0 spiro atoms. The van der Waals surface area contributed by atoms with Crippen LogP contribution in [0.3, 0.4) is 0 Å². The number of rotatable bonds is 5. The summed E-state index contributed by atoms with van der Waals surface area (Å²) in [5.74, 6) is 0.285. The van der Waals surface area contributed by atoms with Crippen molar-refractivity contribution in [2.45, 2.75) is 24.1 Å². The molecule has 0 radical (unpaired) electrons. The van der Waals surface area contributed by atoms with Crippen LogP contribution in [0.5, 0.6) is 0 Å². The fraction of sp³-hybridized carbons (Fsp3) is 0.471. The number of alkyl halides is 1. The first-order valence-electron chi connectivity index (χ1n) is 8.23. The molecule has 7 nitrogen and oxygen atoms in total. The maximum atomic E-state index is 12.4. The third kappa shape index (κ3) is 2.77. The quantitative estimate of drug-likeness (QED) is 0.605. The average Bonchev–Trinajstić information content (AvgIpc) is 3.30. The number of carbonyl (C=O) groups is 2. The lowest BCUT2D eigenvalue weighted by Gasteiger charge is -2.17. The highest BCUT2D eigenvalue weighted by Gasteiger charge is 2.36. The van der Waals surface area contributed by atoms with E-state index in [4.69, 9.17) is 16.3 Å². The fourth-order valence-corrected chi connectivity index (χ4v) is 3.36. The molecule has 3 amide bonds. The summed E-state index contributed by atoms with van der Waals surface area (Å²) >= 11 is 6.34. The summed E-state index contributed by atoms with van der Waals surface area (Å²) in [5.41, 5.74) is 3.11. The van der Waals surface area contributed by atoms with Crippen LogP contribution < -0.4 is 4.90 Å². The molecular weight excluding hydrogens is 344 g/mol. The van der Waals surface area contributed by atoms with Crippen molar-refractivity contribution < 1.29 is 14.3 Å². The predicted molar refractivity (Wildman–Crippen MR) is 93.1 cm³/mol. The smallest absolute Gasteiger partial charge is 0.331 e. The van der Waals surface area contributed by atoms with E-state index < -0.39 is 0 Å². The van der Waals surface area contributed by atoms with Crippen LogP contribution in [0.15, 0.2) is 18.5 Å². The lowest BCUT2D eigenvalue weighted by Crippen LogP contribution is -2.30. The number of methoxy groups -OCH3 is 1. The Morgan fingerprint density at radius 1 is 1.36 bits per heavy atom. The van der Waals surface area contributed by atoms with Gasteiger partial charge in [0, 0.05) is 26.6 Å². The number of hydrogen-bond donors (Lipinski definition) is 0. The first-order valence-corrected chi connectivity index (χ1v) is 8.67. The van der Waals surface area contributed by atoms with Gasteiger partial charge in [-0.25, -0.2) is 9.78 Å². The number of halogens is 1. The minimum absolute atomic E-state index is 0.0314. The Balaban J connectivity index is 1.83. The molecule has 0 N–H and O–H groups in total. The Bertz CT molecular complexity index is 861. The SMILES string of the molecule is COCC(Cl)c1cn2cc(C3CC3)cc(N3CC(=O)N(C)C3=O)c2n1. The van der Waals surface area contributed by atoms with Crippen molar-refractivity contribution in [3.05, 3.63) is 29.7 Å². The highest BCUT2D eigenvalue weighted by atomic mass is 35.5. The number of imide groups is 1. The van der Waals surface area contributed by atoms with Gasteiger partial charge in [-0.3, -0.25) is 14.6 Å². The molecule has 1 saturated heterocycles. The molecule has 8 heteroatoms. The number of anilines is 1. The Morgan fingerprint density at radius 3 is 2.72 bits per heavy atom. The van der Waals surface area contributed by atoms with Crippen molar-refractivity contribution in [1.29, 1.82) is 0 Å². The molecule has 2 aliphatic rings. The van der Waals surface area contributed by atoms with E-state index in [1.54, 1.807) is 7.11 Å². The van der Waals surface area contributed by atoms with Crippen LogP contribution in [0, 0.1) is 0 Å². The molecule has 1 aliphatic carbocycles. The Morgan fingerprint density at radius 2 is 2.12 bits per heavy atom. The molecule has 1 aliphatic heterocycles. The van der Waals surface area contributed by atoms with Crippen molar-refractivity contribution in [3.8, 4) is 0 Å². The minimum Gasteiger partial charge on any atom is -0.383 e. The van der Waals surface area contributed by atoms with Gasteiger partial charge in [0.2, 0.25) is 5.91 Å². The van der Waals surface area contributed by atoms with Crippen LogP contribution in [0.4, 0.5) is 10.5 Å². The van der Waals surface area contributed by atoms with Gasteiger partial charge in [-0.05, 0) is 30.4 Å². The first-order chi connectivity index (χ1) is 12.0.